The first-order valence-electron chi connectivity index (χ1n) is 7.21. The second-order valence-electron chi connectivity index (χ2n) is 5.51. The summed E-state index contributed by atoms with van der Waals surface area (Å²) in [4.78, 5) is 11.8. The topological polar surface area (TPSA) is 62.5 Å². The van der Waals surface area contributed by atoms with Gasteiger partial charge in [0.05, 0.1) is 10.7 Å². The molecule has 3 rings (SSSR count). The maximum atomic E-state index is 11.8. The second kappa shape index (κ2) is 5.97. The van der Waals surface area contributed by atoms with Gasteiger partial charge in [-0.2, -0.15) is 0 Å². The van der Waals surface area contributed by atoms with Gasteiger partial charge in [0.1, 0.15) is 11.3 Å². The molecular formula is C18H16ClNO3. The van der Waals surface area contributed by atoms with Crippen LogP contribution in [0.3, 0.4) is 0 Å². The Morgan fingerprint density at radius 1 is 1.17 bits per heavy atom. The molecule has 0 amide bonds. The van der Waals surface area contributed by atoms with Gasteiger partial charge in [0.2, 0.25) is 0 Å². The fourth-order valence-electron chi connectivity index (χ4n) is 2.52. The Labute approximate surface area is 138 Å². The number of benzene rings is 2. The molecule has 1 aromatic heterocycles. The molecule has 0 saturated carbocycles. The van der Waals surface area contributed by atoms with Crippen molar-refractivity contribution in [3.8, 4) is 5.75 Å². The Hall–Kier alpha value is -2.46. The van der Waals surface area contributed by atoms with Crippen molar-refractivity contribution in [1.82, 2.24) is 0 Å². The minimum Gasteiger partial charge on any atom is -0.508 e. The number of phenolic OH excluding ortho intramolecular Hbond substituents is 1. The Morgan fingerprint density at radius 3 is 2.70 bits per heavy atom. The molecule has 1 heterocycles. The number of hydrogen-bond donors (Lipinski definition) is 2. The van der Waals surface area contributed by atoms with Gasteiger partial charge in [-0.05, 0) is 49.2 Å². The third-order valence-corrected chi connectivity index (χ3v) is 4.12. The number of phenols is 1. The maximum absolute atomic E-state index is 11.8. The molecule has 3 aromatic rings. The van der Waals surface area contributed by atoms with E-state index in [9.17, 15) is 9.90 Å². The highest BCUT2D eigenvalue weighted by Crippen LogP contribution is 2.28. The van der Waals surface area contributed by atoms with Crippen LogP contribution in [0.1, 0.15) is 16.7 Å². The molecule has 0 aliphatic heterocycles. The lowest BCUT2D eigenvalue weighted by Gasteiger charge is -2.11. The van der Waals surface area contributed by atoms with E-state index in [1.807, 2.05) is 25.1 Å². The molecule has 0 unspecified atom stereocenters. The van der Waals surface area contributed by atoms with E-state index in [1.165, 1.54) is 6.07 Å². The molecule has 0 spiro atoms. The third-order valence-electron chi connectivity index (χ3n) is 3.81. The minimum atomic E-state index is -0.446. The molecule has 0 bridgehead atoms. The standard InChI is InChI=1S/C18H16ClNO3/c1-10-3-5-15(14(19)7-10)20-9-12-8-17(22)23-18-11(2)16(21)6-4-13(12)18/h3-8,20-21H,9H2,1-2H3. The van der Waals surface area contributed by atoms with Gasteiger partial charge >= 0.3 is 5.63 Å². The van der Waals surface area contributed by atoms with E-state index >= 15 is 0 Å². The van der Waals surface area contributed by atoms with E-state index in [2.05, 4.69) is 5.32 Å². The molecule has 0 aliphatic carbocycles. The summed E-state index contributed by atoms with van der Waals surface area (Å²) < 4.78 is 5.24. The van der Waals surface area contributed by atoms with Crippen LogP contribution in [0.15, 0.2) is 45.6 Å². The average molecular weight is 330 g/mol. The minimum absolute atomic E-state index is 0.104. The van der Waals surface area contributed by atoms with Gasteiger partial charge in [-0.15, -0.1) is 0 Å². The fraction of sp³-hybridized carbons (Fsp3) is 0.167. The van der Waals surface area contributed by atoms with E-state index in [0.29, 0.717) is 22.7 Å². The summed E-state index contributed by atoms with van der Waals surface area (Å²) in [6.45, 7) is 4.12. The number of aryl methyl sites for hydroxylation is 2. The fourth-order valence-corrected chi connectivity index (χ4v) is 2.82. The first-order valence-corrected chi connectivity index (χ1v) is 7.59. The van der Waals surface area contributed by atoms with Gasteiger partial charge in [0.25, 0.3) is 0 Å². The van der Waals surface area contributed by atoms with Crippen LogP contribution in [0, 0.1) is 13.8 Å². The zero-order valence-electron chi connectivity index (χ0n) is 12.8. The van der Waals surface area contributed by atoms with Gasteiger partial charge in [0.15, 0.2) is 0 Å². The quantitative estimate of drug-likeness (QED) is 0.700. The molecule has 0 fully saturated rings. The Bertz CT molecular complexity index is 947. The summed E-state index contributed by atoms with van der Waals surface area (Å²) in [5.74, 6) is 0.104. The van der Waals surface area contributed by atoms with Crippen LogP contribution in [-0.4, -0.2) is 5.11 Å². The molecular weight excluding hydrogens is 314 g/mol. The Morgan fingerprint density at radius 2 is 1.96 bits per heavy atom. The Balaban J connectivity index is 2.00. The predicted octanol–water partition coefficient (Wildman–Crippen LogP) is 4.38. The molecule has 0 atom stereocenters. The normalized spacial score (nSPS) is 10.9. The van der Waals surface area contributed by atoms with Crippen LogP contribution in [-0.2, 0) is 6.54 Å². The molecule has 118 valence electrons. The van der Waals surface area contributed by atoms with Crippen molar-refractivity contribution in [3.05, 3.63) is 68.5 Å². The van der Waals surface area contributed by atoms with Crippen molar-refractivity contribution in [2.45, 2.75) is 20.4 Å². The van der Waals surface area contributed by atoms with Crippen LogP contribution in [0.4, 0.5) is 5.69 Å². The first-order chi connectivity index (χ1) is 11.0. The van der Waals surface area contributed by atoms with E-state index in [1.54, 1.807) is 19.1 Å². The molecule has 0 saturated heterocycles. The van der Waals surface area contributed by atoms with Gasteiger partial charge in [0, 0.05) is 23.6 Å². The largest absolute Gasteiger partial charge is 0.508 e. The lowest BCUT2D eigenvalue weighted by Crippen LogP contribution is -2.06. The van der Waals surface area contributed by atoms with Crippen molar-refractivity contribution in [1.29, 1.82) is 0 Å². The van der Waals surface area contributed by atoms with Crippen molar-refractivity contribution < 1.29 is 9.52 Å². The predicted molar refractivity (Wildman–Crippen MR) is 92.4 cm³/mol. The molecule has 5 heteroatoms. The molecule has 2 aromatic carbocycles. The number of hydrogen-bond acceptors (Lipinski definition) is 4. The number of rotatable bonds is 3. The summed E-state index contributed by atoms with van der Waals surface area (Å²) in [5.41, 5.74) is 3.18. The number of halogens is 1. The van der Waals surface area contributed by atoms with Crippen LogP contribution in [0.25, 0.3) is 11.0 Å². The maximum Gasteiger partial charge on any atom is 0.336 e. The van der Waals surface area contributed by atoms with Crippen molar-refractivity contribution in [2.75, 3.05) is 5.32 Å². The highest BCUT2D eigenvalue weighted by molar-refractivity contribution is 6.33. The zero-order chi connectivity index (χ0) is 16.6. The van der Waals surface area contributed by atoms with Crippen molar-refractivity contribution in [2.24, 2.45) is 0 Å². The van der Waals surface area contributed by atoms with Crippen LogP contribution in [0.5, 0.6) is 5.75 Å². The SMILES string of the molecule is Cc1ccc(NCc2cc(=O)oc3c(C)c(O)ccc23)c(Cl)c1. The number of anilines is 1. The Kier molecular flexibility index (Phi) is 4.01. The second-order valence-corrected chi connectivity index (χ2v) is 5.92. The van der Waals surface area contributed by atoms with Gasteiger partial charge in [-0.25, -0.2) is 4.79 Å². The summed E-state index contributed by atoms with van der Waals surface area (Å²) in [6.07, 6.45) is 0. The van der Waals surface area contributed by atoms with Gasteiger partial charge < -0.3 is 14.8 Å². The lowest BCUT2D eigenvalue weighted by atomic mass is 10.1. The van der Waals surface area contributed by atoms with Crippen molar-refractivity contribution in [3.63, 3.8) is 0 Å². The van der Waals surface area contributed by atoms with Crippen LogP contribution >= 0.6 is 11.6 Å². The first kappa shape index (κ1) is 15.4. The monoisotopic (exact) mass is 329 g/mol. The van der Waals surface area contributed by atoms with E-state index in [4.69, 9.17) is 16.0 Å². The molecule has 23 heavy (non-hydrogen) atoms. The van der Waals surface area contributed by atoms with Crippen LogP contribution in [0.2, 0.25) is 5.02 Å². The van der Waals surface area contributed by atoms with E-state index in [-0.39, 0.29) is 5.75 Å². The van der Waals surface area contributed by atoms with E-state index < -0.39 is 5.63 Å². The van der Waals surface area contributed by atoms with Gasteiger partial charge in [-0.3, -0.25) is 0 Å². The molecule has 2 N–H and O–H groups in total. The summed E-state index contributed by atoms with van der Waals surface area (Å²) in [5, 5.41) is 14.4. The highest BCUT2D eigenvalue weighted by Gasteiger charge is 2.11. The summed E-state index contributed by atoms with van der Waals surface area (Å²) in [7, 11) is 0. The van der Waals surface area contributed by atoms with E-state index in [0.717, 1.165) is 22.2 Å². The average Bonchev–Trinajstić information content (AvgIpc) is 2.50. The zero-order valence-corrected chi connectivity index (χ0v) is 13.6. The lowest BCUT2D eigenvalue weighted by molar-refractivity contribution is 0.468. The number of aromatic hydroxyl groups is 1. The van der Waals surface area contributed by atoms with Crippen LogP contribution < -0.4 is 10.9 Å². The van der Waals surface area contributed by atoms with Crippen molar-refractivity contribution >= 4 is 28.3 Å². The highest BCUT2D eigenvalue weighted by atomic mass is 35.5. The summed E-state index contributed by atoms with van der Waals surface area (Å²) >= 11 is 6.22. The molecule has 0 aliphatic rings. The number of fused-ring (bicyclic) bond motifs is 1. The van der Waals surface area contributed by atoms with Gasteiger partial charge in [-0.1, -0.05) is 17.7 Å². The molecule has 0 radical (unpaired) electrons. The summed E-state index contributed by atoms with van der Waals surface area (Å²) in [6, 6.07) is 10.5. The third kappa shape index (κ3) is 3.03. The number of nitrogens with one attached hydrogen (secondary N) is 1. The smallest absolute Gasteiger partial charge is 0.336 e. The molecule has 4 nitrogen and oxygen atoms in total.